The minimum atomic E-state index is 0.799. The summed E-state index contributed by atoms with van der Waals surface area (Å²) in [6, 6.07) is 0. The molecule has 1 saturated heterocycles. The van der Waals surface area contributed by atoms with E-state index >= 15 is 0 Å². The van der Waals surface area contributed by atoms with E-state index in [1.807, 2.05) is 0 Å². The second kappa shape index (κ2) is 2.29. The fraction of sp³-hybridized carbons (Fsp3) is 0.714. The minimum Gasteiger partial charge on any atom is -0.483 e. The van der Waals surface area contributed by atoms with Crippen LogP contribution in [-0.2, 0) is 4.74 Å². The molecule has 0 aromatic rings. The van der Waals surface area contributed by atoms with Gasteiger partial charge in [0, 0.05) is 13.1 Å². The van der Waals surface area contributed by atoms with E-state index in [4.69, 9.17) is 4.74 Å². The molecule has 1 rings (SSSR count). The van der Waals surface area contributed by atoms with Gasteiger partial charge in [-0.1, -0.05) is 6.92 Å². The summed E-state index contributed by atoms with van der Waals surface area (Å²) in [4.78, 5) is 2.13. The van der Waals surface area contributed by atoms with Crippen LogP contribution in [0.2, 0.25) is 0 Å². The zero-order chi connectivity index (χ0) is 6.85. The van der Waals surface area contributed by atoms with Crippen molar-refractivity contribution in [1.82, 2.24) is 4.90 Å². The van der Waals surface area contributed by atoms with E-state index in [9.17, 15) is 0 Å². The topological polar surface area (TPSA) is 12.5 Å². The number of likely N-dealkylation sites (tertiary alicyclic amines) is 1. The van der Waals surface area contributed by atoms with Crippen molar-refractivity contribution in [3.05, 3.63) is 12.5 Å². The maximum Gasteiger partial charge on any atom is 0.181 e. The van der Waals surface area contributed by atoms with Gasteiger partial charge in [-0.2, -0.15) is 0 Å². The summed E-state index contributed by atoms with van der Waals surface area (Å²) in [5.74, 6) is 1.62. The lowest BCUT2D eigenvalue weighted by Gasteiger charge is -2.38. The van der Waals surface area contributed by atoms with E-state index < -0.39 is 0 Å². The third-order valence-corrected chi connectivity index (χ3v) is 1.65. The molecule has 0 saturated carbocycles. The molecule has 1 aliphatic rings. The van der Waals surface area contributed by atoms with Gasteiger partial charge >= 0.3 is 0 Å². The van der Waals surface area contributed by atoms with Gasteiger partial charge in [0.2, 0.25) is 0 Å². The third kappa shape index (κ3) is 1.18. The van der Waals surface area contributed by atoms with Crippen molar-refractivity contribution >= 4 is 0 Å². The summed E-state index contributed by atoms with van der Waals surface area (Å²) in [5, 5.41) is 0. The summed E-state index contributed by atoms with van der Waals surface area (Å²) in [6.07, 6.45) is 0. The number of nitrogens with zero attached hydrogens (tertiary/aromatic N) is 1. The van der Waals surface area contributed by atoms with E-state index in [-0.39, 0.29) is 0 Å². The Hall–Kier alpha value is -0.660. The normalized spacial score (nSPS) is 19.1. The molecule has 0 bridgehead atoms. The summed E-state index contributed by atoms with van der Waals surface area (Å²) in [6.45, 7) is 8.16. The van der Waals surface area contributed by atoms with Crippen LogP contribution in [0, 0.1) is 5.92 Å². The van der Waals surface area contributed by atoms with Gasteiger partial charge in [-0.25, -0.2) is 0 Å². The highest BCUT2D eigenvalue weighted by molar-refractivity contribution is 4.91. The van der Waals surface area contributed by atoms with Crippen molar-refractivity contribution in [2.45, 2.75) is 6.92 Å². The first-order chi connectivity index (χ1) is 4.24. The molecule has 52 valence electrons. The van der Waals surface area contributed by atoms with Crippen molar-refractivity contribution in [3.8, 4) is 0 Å². The highest BCUT2D eigenvalue weighted by atomic mass is 16.5. The van der Waals surface area contributed by atoms with Gasteiger partial charge in [0.05, 0.1) is 7.11 Å². The number of ether oxygens (including phenoxy) is 1. The Morgan fingerprint density at radius 3 is 2.56 bits per heavy atom. The van der Waals surface area contributed by atoms with Gasteiger partial charge in [-0.05, 0) is 12.5 Å². The van der Waals surface area contributed by atoms with Crippen molar-refractivity contribution in [2.75, 3.05) is 20.2 Å². The first kappa shape index (κ1) is 6.46. The Bertz CT molecular complexity index is 116. The molecule has 0 aromatic heterocycles. The molecule has 0 amide bonds. The lowest BCUT2D eigenvalue weighted by atomic mass is 10.0. The largest absolute Gasteiger partial charge is 0.483 e. The first-order valence-corrected chi connectivity index (χ1v) is 3.22. The predicted octanol–water partition coefficient (Wildman–Crippen LogP) is 1.06. The Kier molecular flexibility index (Phi) is 1.65. The lowest BCUT2D eigenvalue weighted by molar-refractivity contribution is 0.0678. The first-order valence-electron chi connectivity index (χ1n) is 3.22. The van der Waals surface area contributed by atoms with Crippen molar-refractivity contribution < 1.29 is 4.74 Å². The SMILES string of the molecule is C=C(OC)N1CC(C)C1. The zero-order valence-corrected chi connectivity index (χ0v) is 6.05. The van der Waals surface area contributed by atoms with Crippen molar-refractivity contribution in [2.24, 2.45) is 5.92 Å². The Balaban J connectivity index is 2.23. The Labute approximate surface area is 56.1 Å². The molecule has 2 nitrogen and oxygen atoms in total. The highest BCUT2D eigenvalue weighted by Crippen LogP contribution is 2.18. The molecule has 0 radical (unpaired) electrons. The van der Waals surface area contributed by atoms with Crippen molar-refractivity contribution in [3.63, 3.8) is 0 Å². The lowest BCUT2D eigenvalue weighted by Crippen LogP contribution is -2.44. The molecule has 1 heterocycles. The molecule has 0 spiro atoms. The van der Waals surface area contributed by atoms with Gasteiger partial charge in [0.25, 0.3) is 0 Å². The van der Waals surface area contributed by atoms with Crippen LogP contribution in [0.15, 0.2) is 12.5 Å². The third-order valence-electron chi connectivity index (χ3n) is 1.65. The van der Waals surface area contributed by atoms with E-state index in [0.717, 1.165) is 24.9 Å². The van der Waals surface area contributed by atoms with Gasteiger partial charge in [0.15, 0.2) is 5.88 Å². The highest BCUT2D eigenvalue weighted by Gasteiger charge is 2.23. The summed E-state index contributed by atoms with van der Waals surface area (Å²) in [7, 11) is 1.66. The van der Waals surface area contributed by atoms with E-state index in [0.29, 0.717) is 0 Å². The monoisotopic (exact) mass is 127 g/mol. The van der Waals surface area contributed by atoms with E-state index in [1.165, 1.54) is 0 Å². The van der Waals surface area contributed by atoms with Crippen LogP contribution < -0.4 is 0 Å². The van der Waals surface area contributed by atoms with Crippen LogP contribution in [0.4, 0.5) is 0 Å². The standard InChI is InChI=1S/C7H13NO/c1-6-4-8(5-6)7(2)9-3/h6H,2,4-5H2,1,3H3. The maximum atomic E-state index is 4.93. The van der Waals surface area contributed by atoms with Crippen LogP contribution in [0.3, 0.4) is 0 Å². The molecular weight excluding hydrogens is 114 g/mol. The van der Waals surface area contributed by atoms with Gasteiger partial charge in [0.1, 0.15) is 0 Å². The second-order valence-corrected chi connectivity index (χ2v) is 2.61. The van der Waals surface area contributed by atoms with Gasteiger partial charge in [-0.15, -0.1) is 0 Å². The van der Waals surface area contributed by atoms with E-state index in [1.54, 1.807) is 7.11 Å². The molecular formula is C7H13NO. The molecule has 0 N–H and O–H groups in total. The van der Waals surface area contributed by atoms with Crippen molar-refractivity contribution in [1.29, 1.82) is 0 Å². The Morgan fingerprint density at radius 2 is 2.22 bits per heavy atom. The fourth-order valence-electron chi connectivity index (χ4n) is 1.03. The summed E-state index contributed by atoms with van der Waals surface area (Å²) in [5.41, 5.74) is 0. The molecule has 1 aliphatic heterocycles. The van der Waals surface area contributed by atoms with Crippen LogP contribution in [0.25, 0.3) is 0 Å². The van der Waals surface area contributed by atoms with Crippen LogP contribution in [-0.4, -0.2) is 25.1 Å². The average Bonchev–Trinajstić information content (AvgIpc) is 1.79. The fourth-order valence-corrected chi connectivity index (χ4v) is 1.03. The van der Waals surface area contributed by atoms with Gasteiger partial charge < -0.3 is 9.64 Å². The number of hydrogen-bond donors (Lipinski definition) is 0. The summed E-state index contributed by atoms with van der Waals surface area (Å²) < 4.78 is 4.93. The number of methoxy groups -OCH3 is 1. The Morgan fingerprint density at radius 1 is 1.67 bits per heavy atom. The molecule has 2 heteroatoms. The molecule has 1 fully saturated rings. The quantitative estimate of drug-likeness (QED) is 0.514. The maximum absolute atomic E-state index is 4.93. The molecule has 0 aliphatic carbocycles. The molecule has 0 unspecified atom stereocenters. The van der Waals surface area contributed by atoms with Crippen LogP contribution >= 0.6 is 0 Å². The smallest absolute Gasteiger partial charge is 0.181 e. The van der Waals surface area contributed by atoms with E-state index in [2.05, 4.69) is 18.4 Å². The van der Waals surface area contributed by atoms with Crippen LogP contribution in [0.1, 0.15) is 6.92 Å². The molecule has 0 atom stereocenters. The molecule has 9 heavy (non-hydrogen) atoms. The predicted molar refractivity (Wildman–Crippen MR) is 36.9 cm³/mol. The summed E-state index contributed by atoms with van der Waals surface area (Å²) >= 11 is 0. The second-order valence-electron chi connectivity index (χ2n) is 2.61. The molecule has 0 aromatic carbocycles. The minimum absolute atomic E-state index is 0.799. The zero-order valence-electron chi connectivity index (χ0n) is 6.05. The van der Waals surface area contributed by atoms with Gasteiger partial charge in [-0.3, -0.25) is 0 Å². The number of rotatable bonds is 2. The number of hydrogen-bond acceptors (Lipinski definition) is 2. The average molecular weight is 127 g/mol. The van der Waals surface area contributed by atoms with Crippen LogP contribution in [0.5, 0.6) is 0 Å².